The molecule has 21 heavy (non-hydrogen) atoms. The maximum Gasteiger partial charge on any atom is 0.408 e. The van der Waals surface area contributed by atoms with E-state index >= 15 is 0 Å². The normalized spacial score (nSPS) is 41.4. The molecule has 2 amide bonds. The Morgan fingerprint density at radius 1 is 1.29 bits per heavy atom. The van der Waals surface area contributed by atoms with Gasteiger partial charge in [0, 0.05) is 6.42 Å². The Morgan fingerprint density at radius 2 is 2.00 bits per heavy atom. The summed E-state index contributed by atoms with van der Waals surface area (Å²) < 4.78 is 13.4. The standard InChI is InChI=1S/C13H16FN3O4/c14-7-3-8(4-15)16(5-7)12(19)11-6-1-9(10(18)2-6)17(11)13(20)21/h6-11,18H,1-3,5H2,(H,20,21)/t6-,7-,8-,9+,10+,11-/m0/s1. The predicted octanol–water partition coefficient (Wildman–Crippen LogP) is -0.0493. The third-order valence-electron chi connectivity index (χ3n) is 4.79. The second-order valence-corrected chi connectivity index (χ2v) is 5.97. The summed E-state index contributed by atoms with van der Waals surface area (Å²) in [6.07, 6.45) is -2.48. The Labute approximate surface area is 120 Å². The lowest BCUT2D eigenvalue weighted by atomic mass is 9.96. The van der Waals surface area contributed by atoms with Crippen LogP contribution in [0.5, 0.6) is 0 Å². The van der Waals surface area contributed by atoms with E-state index in [-0.39, 0.29) is 18.9 Å². The Hall–Kier alpha value is -1.88. The van der Waals surface area contributed by atoms with Crippen molar-refractivity contribution in [3.05, 3.63) is 0 Å². The number of rotatable bonds is 1. The molecule has 0 aromatic rings. The van der Waals surface area contributed by atoms with Crippen LogP contribution in [-0.2, 0) is 4.79 Å². The molecule has 2 aliphatic heterocycles. The second kappa shape index (κ2) is 4.84. The number of aliphatic hydroxyl groups excluding tert-OH is 1. The van der Waals surface area contributed by atoms with Crippen LogP contribution in [0.3, 0.4) is 0 Å². The molecule has 0 aromatic carbocycles. The molecule has 3 aliphatic rings. The Kier molecular flexibility index (Phi) is 3.24. The highest BCUT2D eigenvalue weighted by molar-refractivity contribution is 5.87. The van der Waals surface area contributed by atoms with Gasteiger partial charge in [0.05, 0.1) is 24.8 Å². The number of piperidine rings is 1. The number of likely N-dealkylation sites (tertiary alicyclic amines) is 2. The van der Waals surface area contributed by atoms with E-state index in [9.17, 15) is 24.2 Å². The summed E-state index contributed by atoms with van der Waals surface area (Å²) in [6.45, 7) is -0.166. The third-order valence-corrected chi connectivity index (χ3v) is 4.79. The van der Waals surface area contributed by atoms with E-state index in [1.807, 2.05) is 6.07 Å². The topological polar surface area (TPSA) is 105 Å². The van der Waals surface area contributed by atoms with Gasteiger partial charge in [-0.25, -0.2) is 9.18 Å². The van der Waals surface area contributed by atoms with Crippen LogP contribution < -0.4 is 0 Å². The molecule has 2 bridgehead atoms. The summed E-state index contributed by atoms with van der Waals surface area (Å²) in [6, 6.07) is -0.429. The molecular formula is C13H16FN3O4. The van der Waals surface area contributed by atoms with E-state index in [2.05, 4.69) is 0 Å². The minimum absolute atomic E-state index is 0.0290. The van der Waals surface area contributed by atoms with Crippen molar-refractivity contribution in [1.29, 1.82) is 5.26 Å². The van der Waals surface area contributed by atoms with Crippen molar-refractivity contribution < 1.29 is 24.2 Å². The van der Waals surface area contributed by atoms with Gasteiger partial charge < -0.3 is 15.1 Å². The Bertz CT molecular complexity index is 522. The number of amides is 2. The molecular weight excluding hydrogens is 281 g/mol. The van der Waals surface area contributed by atoms with Gasteiger partial charge in [0.25, 0.3) is 0 Å². The van der Waals surface area contributed by atoms with Crippen LogP contribution in [-0.4, -0.2) is 69.0 Å². The summed E-state index contributed by atoms with van der Waals surface area (Å²) in [5, 5.41) is 28.1. The molecule has 1 saturated carbocycles. The second-order valence-electron chi connectivity index (χ2n) is 5.97. The van der Waals surface area contributed by atoms with Crippen LogP contribution in [0.1, 0.15) is 19.3 Å². The van der Waals surface area contributed by atoms with Crippen LogP contribution in [0.2, 0.25) is 0 Å². The summed E-state index contributed by atoms with van der Waals surface area (Å²) in [5.74, 6) is -0.768. The van der Waals surface area contributed by atoms with E-state index in [4.69, 9.17) is 5.26 Å². The number of nitrogens with zero attached hydrogens (tertiary/aromatic N) is 3. The molecule has 3 fully saturated rings. The zero-order chi connectivity index (χ0) is 15.3. The van der Waals surface area contributed by atoms with Gasteiger partial charge in [0.15, 0.2) is 0 Å². The fourth-order valence-electron chi connectivity index (χ4n) is 3.92. The van der Waals surface area contributed by atoms with Gasteiger partial charge in [-0.1, -0.05) is 0 Å². The molecule has 2 heterocycles. The number of carboxylic acid groups (broad SMARTS) is 1. The lowest BCUT2D eigenvalue weighted by molar-refractivity contribution is -0.139. The monoisotopic (exact) mass is 297 g/mol. The smallest absolute Gasteiger partial charge is 0.408 e. The Morgan fingerprint density at radius 3 is 2.62 bits per heavy atom. The number of nitriles is 1. The highest BCUT2D eigenvalue weighted by atomic mass is 19.1. The van der Waals surface area contributed by atoms with Gasteiger partial charge in [0.1, 0.15) is 18.3 Å². The molecule has 0 aromatic heterocycles. The molecule has 0 spiro atoms. The van der Waals surface area contributed by atoms with Crippen LogP contribution in [0.15, 0.2) is 0 Å². The van der Waals surface area contributed by atoms with Crippen molar-refractivity contribution in [2.45, 2.75) is 49.7 Å². The summed E-state index contributed by atoms with van der Waals surface area (Å²) >= 11 is 0. The summed E-state index contributed by atoms with van der Waals surface area (Å²) in [5.41, 5.74) is 0. The van der Waals surface area contributed by atoms with E-state index < -0.39 is 42.4 Å². The number of carbonyl (C=O) groups excluding carboxylic acids is 1. The molecule has 0 unspecified atom stereocenters. The molecule has 3 rings (SSSR count). The maximum atomic E-state index is 13.4. The van der Waals surface area contributed by atoms with Gasteiger partial charge in [0.2, 0.25) is 5.91 Å². The van der Waals surface area contributed by atoms with Crippen LogP contribution in [0, 0.1) is 17.2 Å². The zero-order valence-corrected chi connectivity index (χ0v) is 11.2. The van der Waals surface area contributed by atoms with Crippen LogP contribution >= 0.6 is 0 Å². The lowest BCUT2D eigenvalue weighted by Gasteiger charge is -2.37. The summed E-state index contributed by atoms with van der Waals surface area (Å²) in [4.78, 5) is 26.1. The first-order chi connectivity index (χ1) is 9.93. The fourth-order valence-corrected chi connectivity index (χ4v) is 3.92. The molecule has 2 N–H and O–H groups in total. The van der Waals surface area contributed by atoms with E-state index in [1.54, 1.807) is 0 Å². The quantitative estimate of drug-likeness (QED) is 0.706. The van der Waals surface area contributed by atoms with Crippen molar-refractivity contribution in [3.8, 4) is 6.07 Å². The average molecular weight is 297 g/mol. The van der Waals surface area contributed by atoms with Crippen LogP contribution in [0.4, 0.5) is 9.18 Å². The van der Waals surface area contributed by atoms with Crippen molar-refractivity contribution in [2.24, 2.45) is 5.92 Å². The Balaban J connectivity index is 1.84. The molecule has 0 radical (unpaired) electrons. The van der Waals surface area contributed by atoms with Gasteiger partial charge in [-0.3, -0.25) is 9.69 Å². The van der Waals surface area contributed by atoms with Crippen molar-refractivity contribution in [2.75, 3.05) is 6.54 Å². The van der Waals surface area contributed by atoms with Crippen molar-refractivity contribution in [1.82, 2.24) is 9.80 Å². The van der Waals surface area contributed by atoms with E-state index in [0.29, 0.717) is 12.8 Å². The van der Waals surface area contributed by atoms with Gasteiger partial charge in [-0.15, -0.1) is 0 Å². The molecule has 7 nitrogen and oxygen atoms in total. The SMILES string of the molecule is N#C[C@@H]1C[C@H](F)CN1C(=O)[C@@H]1[C@@H]2C[C@@H](O)[C@@H](C2)N1C(=O)O. The van der Waals surface area contributed by atoms with E-state index in [1.165, 1.54) is 0 Å². The number of fused-ring (bicyclic) bond motifs is 2. The van der Waals surface area contributed by atoms with Gasteiger partial charge in [-0.05, 0) is 18.8 Å². The fraction of sp³-hybridized carbons (Fsp3) is 0.769. The molecule has 114 valence electrons. The predicted molar refractivity (Wildman–Crippen MR) is 66.8 cm³/mol. The third kappa shape index (κ3) is 2.03. The lowest BCUT2D eigenvalue weighted by Crippen LogP contribution is -2.57. The molecule has 6 atom stereocenters. The van der Waals surface area contributed by atoms with Crippen molar-refractivity contribution in [3.63, 3.8) is 0 Å². The molecule has 8 heteroatoms. The maximum absolute atomic E-state index is 13.4. The van der Waals surface area contributed by atoms with Gasteiger partial charge >= 0.3 is 6.09 Å². The van der Waals surface area contributed by atoms with Crippen LogP contribution in [0.25, 0.3) is 0 Å². The largest absolute Gasteiger partial charge is 0.465 e. The average Bonchev–Trinajstić information content (AvgIpc) is 3.08. The number of aliphatic hydroxyl groups is 1. The zero-order valence-electron chi connectivity index (χ0n) is 11.2. The highest BCUT2D eigenvalue weighted by Crippen LogP contribution is 2.43. The minimum Gasteiger partial charge on any atom is -0.465 e. The first kappa shape index (κ1) is 14.1. The van der Waals surface area contributed by atoms with E-state index in [0.717, 1.165) is 9.80 Å². The molecule has 1 aliphatic carbocycles. The van der Waals surface area contributed by atoms with Gasteiger partial charge in [-0.2, -0.15) is 5.26 Å². The highest BCUT2D eigenvalue weighted by Gasteiger charge is 2.57. The molecule has 2 saturated heterocycles. The summed E-state index contributed by atoms with van der Waals surface area (Å²) in [7, 11) is 0. The number of halogens is 1. The first-order valence-electron chi connectivity index (χ1n) is 6.97. The number of hydrogen-bond acceptors (Lipinski definition) is 4. The number of alkyl halides is 1. The number of carbonyl (C=O) groups is 2. The van der Waals surface area contributed by atoms with Crippen molar-refractivity contribution >= 4 is 12.0 Å². The number of hydrogen-bond donors (Lipinski definition) is 2. The minimum atomic E-state index is -1.26. The first-order valence-corrected chi connectivity index (χ1v) is 6.97.